The number of phenolic OH excluding ortho intramolecular Hbond substituents is 1. The van der Waals surface area contributed by atoms with Crippen LogP contribution in [0.4, 0.5) is 0 Å². The average molecular weight is 369 g/mol. The van der Waals surface area contributed by atoms with Crippen LogP contribution in [0.25, 0.3) is 0 Å². The van der Waals surface area contributed by atoms with Crippen LogP contribution in [0.5, 0.6) is 11.5 Å². The van der Waals surface area contributed by atoms with Gasteiger partial charge >= 0.3 is 0 Å². The van der Waals surface area contributed by atoms with Crippen molar-refractivity contribution in [2.45, 2.75) is 18.9 Å². The van der Waals surface area contributed by atoms with Crippen molar-refractivity contribution < 1.29 is 14.9 Å². The summed E-state index contributed by atoms with van der Waals surface area (Å²) in [6.07, 6.45) is 1.30. The number of methoxy groups -OCH3 is 1. The summed E-state index contributed by atoms with van der Waals surface area (Å²) >= 11 is 6.66. The van der Waals surface area contributed by atoms with E-state index in [1.807, 2.05) is 0 Å². The molecule has 0 bridgehead atoms. The van der Waals surface area contributed by atoms with Crippen LogP contribution in [0.1, 0.15) is 24.4 Å². The quantitative estimate of drug-likeness (QED) is 0.746. The molecule has 1 rings (SSSR count). The number of rotatable bonds is 5. The van der Waals surface area contributed by atoms with E-state index in [1.54, 1.807) is 6.07 Å². The van der Waals surface area contributed by atoms with Crippen LogP contribution >= 0.6 is 31.9 Å². The first-order chi connectivity index (χ1) is 8.02. The zero-order valence-corrected chi connectivity index (χ0v) is 12.6. The van der Waals surface area contributed by atoms with Crippen molar-refractivity contribution in [2.75, 3.05) is 13.7 Å². The van der Waals surface area contributed by atoms with Crippen LogP contribution in [0.2, 0.25) is 0 Å². The minimum atomic E-state index is -0.220. The van der Waals surface area contributed by atoms with Gasteiger partial charge in [-0.05, 0) is 56.3 Å². The Morgan fingerprint density at radius 3 is 2.59 bits per heavy atom. The number of aromatic hydroxyl groups is 1. The molecule has 4 N–H and O–H groups in total. The maximum absolute atomic E-state index is 9.78. The first kappa shape index (κ1) is 14.8. The molecule has 6 heteroatoms. The Hall–Kier alpha value is -0.300. The van der Waals surface area contributed by atoms with Gasteiger partial charge in [-0.3, -0.25) is 0 Å². The molecule has 0 aromatic heterocycles. The predicted octanol–water partition coefficient (Wildman–Crippen LogP) is 2.70. The summed E-state index contributed by atoms with van der Waals surface area (Å²) in [5.74, 6) is 0.409. The van der Waals surface area contributed by atoms with E-state index in [0.717, 1.165) is 5.56 Å². The second kappa shape index (κ2) is 6.58. The Labute approximate surface area is 117 Å². The standard InChI is InChI=1S/C11H15Br2NO3/c1-17-8-5-6(7(14)3-2-4-15)9(12)10(13)11(8)16/h5,7,15-16H,2-4,14H2,1H3/t7-/m0/s1. The molecule has 0 amide bonds. The molecule has 0 saturated heterocycles. The lowest BCUT2D eigenvalue weighted by molar-refractivity contribution is 0.279. The first-order valence-electron chi connectivity index (χ1n) is 5.14. The molecule has 1 aromatic rings. The third kappa shape index (κ3) is 3.34. The Morgan fingerprint density at radius 1 is 1.41 bits per heavy atom. The first-order valence-corrected chi connectivity index (χ1v) is 6.72. The van der Waals surface area contributed by atoms with Crippen molar-refractivity contribution in [3.8, 4) is 11.5 Å². The summed E-state index contributed by atoms with van der Waals surface area (Å²) in [6, 6.07) is 1.48. The number of benzene rings is 1. The molecular weight excluding hydrogens is 354 g/mol. The highest BCUT2D eigenvalue weighted by molar-refractivity contribution is 9.13. The second-order valence-electron chi connectivity index (χ2n) is 3.62. The summed E-state index contributed by atoms with van der Waals surface area (Å²) in [5, 5.41) is 18.6. The molecule has 1 aromatic carbocycles. The molecule has 1 atom stereocenters. The largest absolute Gasteiger partial charge is 0.503 e. The molecule has 4 nitrogen and oxygen atoms in total. The second-order valence-corrected chi connectivity index (χ2v) is 5.20. The van der Waals surface area contributed by atoms with Gasteiger partial charge in [0, 0.05) is 17.1 Å². The summed E-state index contributed by atoms with van der Waals surface area (Å²) in [7, 11) is 1.48. The van der Waals surface area contributed by atoms with Crippen LogP contribution in [-0.2, 0) is 0 Å². The van der Waals surface area contributed by atoms with Crippen molar-refractivity contribution in [1.82, 2.24) is 0 Å². The van der Waals surface area contributed by atoms with Crippen LogP contribution in [0.3, 0.4) is 0 Å². The summed E-state index contributed by atoms with van der Waals surface area (Å²) in [4.78, 5) is 0. The smallest absolute Gasteiger partial charge is 0.173 e. The lowest BCUT2D eigenvalue weighted by Crippen LogP contribution is -2.12. The molecule has 0 saturated carbocycles. The Bertz CT molecular complexity index is 399. The van der Waals surface area contributed by atoms with Crippen LogP contribution in [0.15, 0.2) is 15.0 Å². The molecule has 0 radical (unpaired) electrons. The fourth-order valence-corrected chi connectivity index (χ4v) is 2.52. The van der Waals surface area contributed by atoms with Gasteiger partial charge in [0.25, 0.3) is 0 Å². The normalized spacial score (nSPS) is 12.5. The predicted molar refractivity (Wildman–Crippen MR) is 73.3 cm³/mol. The van der Waals surface area contributed by atoms with Crippen LogP contribution in [-0.4, -0.2) is 23.9 Å². The lowest BCUT2D eigenvalue weighted by Gasteiger charge is -2.17. The number of phenols is 1. The summed E-state index contributed by atoms with van der Waals surface area (Å²) in [5.41, 5.74) is 6.86. The third-order valence-corrected chi connectivity index (χ3v) is 4.63. The van der Waals surface area contributed by atoms with Crippen molar-refractivity contribution in [1.29, 1.82) is 0 Å². The lowest BCUT2D eigenvalue weighted by atomic mass is 10.0. The SMILES string of the molecule is COc1cc([C@@H](N)CCCO)c(Br)c(Br)c1O. The molecular formula is C11H15Br2NO3. The van der Waals surface area contributed by atoms with Gasteiger partial charge in [-0.15, -0.1) is 0 Å². The van der Waals surface area contributed by atoms with Crippen LogP contribution in [0, 0.1) is 0 Å². The van der Waals surface area contributed by atoms with Crippen LogP contribution < -0.4 is 10.5 Å². The summed E-state index contributed by atoms with van der Waals surface area (Å²) < 4.78 is 6.30. The average Bonchev–Trinajstić information content (AvgIpc) is 2.33. The van der Waals surface area contributed by atoms with Gasteiger partial charge in [0.05, 0.1) is 11.6 Å². The van der Waals surface area contributed by atoms with Crippen molar-refractivity contribution in [3.63, 3.8) is 0 Å². The van der Waals surface area contributed by atoms with Crippen molar-refractivity contribution in [3.05, 3.63) is 20.6 Å². The highest BCUT2D eigenvalue weighted by Crippen LogP contribution is 2.43. The topological polar surface area (TPSA) is 75.7 Å². The van der Waals surface area contributed by atoms with Crippen molar-refractivity contribution >= 4 is 31.9 Å². The molecule has 0 heterocycles. The Morgan fingerprint density at radius 2 is 2.06 bits per heavy atom. The number of halogens is 2. The summed E-state index contributed by atoms with van der Waals surface area (Å²) in [6.45, 7) is 0.113. The number of aliphatic hydroxyl groups is 1. The molecule has 0 aliphatic carbocycles. The number of nitrogens with two attached hydrogens (primary N) is 1. The van der Waals surface area contributed by atoms with E-state index in [0.29, 0.717) is 27.5 Å². The molecule has 96 valence electrons. The fraction of sp³-hybridized carbons (Fsp3) is 0.455. The van der Waals surface area contributed by atoms with E-state index in [1.165, 1.54) is 7.11 Å². The number of hydrogen-bond acceptors (Lipinski definition) is 4. The van der Waals surface area contributed by atoms with Gasteiger partial charge < -0.3 is 20.7 Å². The maximum atomic E-state index is 9.78. The fourth-order valence-electron chi connectivity index (χ4n) is 1.50. The monoisotopic (exact) mass is 367 g/mol. The zero-order chi connectivity index (χ0) is 13.0. The van der Waals surface area contributed by atoms with Gasteiger partial charge in [-0.25, -0.2) is 0 Å². The molecule has 0 unspecified atom stereocenters. The Balaban J connectivity index is 3.11. The van der Waals surface area contributed by atoms with Gasteiger partial charge in [0.15, 0.2) is 11.5 Å². The van der Waals surface area contributed by atoms with E-state index in [2.05, 4.69) is 31.9 Å². The highest BCUT2D eigenvalue weighted by Gasteiger charge is 2.18. The van der Waals surface area contributed by atoms with E-state index in [9.17, 15) is 5.11 Å². The molecule has 17 heavy (non-hydrogen) atoms. The van der Waals surface area contributed by atoms with Crippen molar-refractivity contribution in [2.24, 2.45) is 5.73 Å². The van der Waals surface area contributed by atoms with E-state index >= 15 is 0 Å². The zero-order valence-electron chi connectivity index (χ0n) is 9.41. The van der Waals surface area contributed by atoms with Gasteiger partial charge in [0.2, 0.25) is 0 Å². The number of ether oxygens (including phenoxy) is 1. The number of aliphatic hydroxyl groups excluding tert-OH is 1. The van der Waals surface area contributed by atoms with Gasteiger partial charge in [0.1, 0.15) is 0 Å². The van der Waals surface area contributed by atoms with E-state index in [-0.39, 0.29) is 18.4 Å². The Kier molecular flexibility index (Phi) is 5.72. The molecule has 0 fully saturated rings. The van der Waals surface area contributed by atoms with Gasteiger partial charge in [-0.2, -0.15) is 0 Å². The molecule has 0 aliphatic rings. The third-order valence-electron chi connectivity index (χ3n) is 2.47. The van der Waals surface area contributed by atoms with E-state index < -0.39 is 0 Å². The maximum Gasteiger partial charge on any atom is 0.173 e. The minimum Gasteiger partial charge on any atom is -0.503 e. The highest BCUT2D eigenvalue weighted by atomic mass is 79.9. The molecule has 0 aliphatic heterocycles. The van der Waals surface area contributed by atoms with E-state index in [4.69, 9.17) is 15.6 Å². The number of hydrogen-bond donors (Lipinski definition) is 3. The van der Waals surface area contributed by atoms with Gasteiger partial charge in [-0.1, -0.05) is 0 Å². The minimum absolute atomic E-state index is 0.0393. The molecule has 0 spiro atoms.